The Bertz CT molecular complexity index is 904. The van der Waals surface area contributed by atoms with E-state index in [0.717, 1.165) is 11.1 Å². The fraction of sp³-hybridized carbons (Fsp3) is 0.0556. The minimum Gasteiger partial charge on any atom is -0.368 e. The van der Waals surface area contributed by atoms with Crippen LogP contribution in [0.5, 0.6) is 0 Å². The summed E-state index contributed by atoms with van der Waals surface area (Å²) in [5, 5.41) is 17.3. The van der Waals surface area contributed by atoms with Crippen molar-refractivity contribution in [3.05, 3.63) is 66.5 Å². The molecule has 1 heterocycles. The number of hydrogen-bond donors (Lipinski definition) is 1. The van der Waals surface area contributed by atoms with Crippen LogP contribution in [0.3, 0.4) is 0 Å². The van der Waals surface area contributed by atoms with Gasteiger partial charge in [-0.3, -0.25) is 4.79 Å². The number of amides is 1. The lowest BCUT2D eigenvalue weighted by Gasteiger charge is -2.10. The number of nitrogens with two attached hydrogens (primary N) is 1. The summed E-state index contributed by atoms with van der Waals surface area (Å²) in [6, 6.07) is 20.7. The van der Waals surface area contributed by atoms with Crippen LogP contribution in [-0.2, 0) is 4.79 Å². The van der Waals surface area contributed by atoms with Gasteiger partial charge >= 0.3 is 0 Å². The van der Waals surface area contributed by atoms with Crippen molar-refractivity contribution in [3.63, 3.8) is 0 Å². The Balaban J connectivity index is 2.21. The van der Waals surface area contributed by atoms with Gasteiger partial charge in [0.1, 0.15) is 11.4 Å². The first-order valence-electron chi connectivity index (χ1n) is 7.25. The fourth-order valence-electron chi connectivity index (χ4n) is 2.30. The Hall–Kier alpha value is -3.59. The van der Waals surface area contributed by atoms with Gasteiger partial charge in [-0.15, -0.1) is 10.2 Å². The monoisotopic (exact) mass is 315 g/mol. The minimum absolute atomic E-state index is 0.00327. The number of hydrogen-bond acceptors (Lipinski definition) is 5. The van der Waals surface area contributed by atoms with E-state index in [4.69, 9.17) is 11.0 Å². The topological polar surface area (TPSA) is 106 Å². The highest BCUT2D eigenvalue weighted by molar-refractivity contribution is 5.84. The number of nitrogens with zero attached hydrogens (tertiary/aromatic N) is 4. The highest BCUT2D eigenvalue weighted by atomic mass is 16.1. The first kappa shape index (κ1) is 15.3. The van der Waals surface area contributed by atoms with Gasteiger partial charge in [-0.2, -0.15) is 5.26 Å². The second-order valence-electron chi connectivity index (χ2n) is 5.06. The van der Waals surface area contributed by atoms with Gasteiger partial charge in [0.25, 0.3) is 0 Å². The van der Waals surface area contributed by atoms with Gasteiger partial charge in [-0.05, 0) is 0 Å². The largest absolute Gasteiger partial charge is 0.368 e. The van der Waals surface area contributed by atoms with Crippen LogP contribution in [0.25, 0.3) is 22.5 Å². The second-order valence-corrected chi connectivity index (χ2v) is 5.06. The molecule has 0 aliphatic rings. The van der Waals surface area contributed by atoms with E-state index in [9.17, 15) is 4.79 Å². The molecule has 1 aromatic heterocycles. The van der Waals surface area contributed by atoms with Crippen molar-refractivity contribution in [2.45, 2.75) is 5.92 Å². The number of nitriles is 1. The van der Waals surface area contributed by atoms with E-state index >= 15 is 0 Å². The number of carbonyl (C=O) groups excluding carboxylic acids is 1. The molecule has 6 heteroatoms. The highest BCUT2D eigenvalue weighted by Crippen LogP contribution is 2.28. The van der Waals surface area contributed by atoms with Gasteiger partial charge in [-0.25, -0.2) is 4.98 Å². The van der Waals surface area contributed by atoms with Crippen molar-refractivity contribution in [1.29, 1.82) is 5.26 Å². The predicted octanol–water partition coefficient (Wildman–Crippen LogP) is 2.30. The van der Waals surface area contributed by atoms with Crippen molar-refractivity contribution in [2.24, 2.45) is 5.73 Å². The van der Waals surface area contributed by atoms with E-state index < -0.39 is 11.8 Å². The summed E-state index contributed by atoms with van der Waals surface area (Å²) in [6.07, 6.45) is 0. The van der Waals surface area contributed by atoms with Crippen LogP contribution in [0.15, 0.2) is 60.7 Å². The third kappa shape index (κ3) is 2.96. The van der Waals surface area contributed by atoms with Gasteiger partial charge in [0.15, 0.2) is 11.7 Å². The number of aromatic nitrogens is 3. The number of primary amides is 1. The van der Waals surface area contributed by atoms with Gasteiger partial charge in [0.2, 0.25) is 5.91 Å². The Kier molecular flexibility index (Phi) is 4.25. The van der Waals surface area contributed by atoms with Crippen LogP contribution in [0.1, 0.15) is 11.7 Å². The van der Waals surface area contributed by atoms with Crippen LogP contribution in [0.2, 0.25) is 0 Å². The summed E-state index contributed by atoms with van der Waals surface area (Å²) in [7, 11) is 0. The Morgan fingerprint density at radius 1 is 0.917 bits per heavy atom. The lowest BCUT2D eigenvalue weighted by Crippen LogP contribution is -2.22. The highest BCUT2D eigenvalue weighted by Gasteiger charge is 2.23. The SMILES string of the molecule is N#CC(C(N)=O)c1nnc(-c2ccccc2)c(-c2ccccc2)n1. The van der Waals surface area contributed by atoms with Crippen molar-refractivity contribution in [1.82, 2.24) is 15.2 Å². The molecule has 24 heavy (non-hydrogen) atoms. The molecule has 0 bridgehead atoms. The molecule has 0 radical (unpaired) electrons. The number of benzene rings is 2. The van der Waals surface area contributed by atoms with Crippen LogP contribution < -0.4 is 5.73 Å². The third-order valence-electron chi connectivity index (χ3n) is 3.47. The van der Waals surface area contributed by atoms with Gasteiger partial charge in [0, 0.05) is 11.1 Å². The van der Waals surface area contributed by atoms with Gasteiger partial charge < -0.3 is 5.73 Å². The van der Waals surface area contributed by atoms with E-state index in [1.54, 1.807) is 0 Å². The maximum Gasteiger partial charge on any atom is 0.242 e. The van der Waals surface area contributed by atoms with Crippen molar-refractivity contribution in [3.8, 4) is 28.6 Å². The standard InChI is InChI=1S/C18H13N5O/c19-11-14(17(20)24)18-21-15(12-7-3-1-4-8-12)16(22-23-18)13-9-5-2-6-10-13/h1-10,14H,(H2,20,24). The Morgan fingerprint density at radius 2 is 1.46 bits per heavy atom. The molecule has 2 N–H and O–H groups in total. The predicted molar refractivity (Wildman–Crippen MR) is 88.2 cm³/mol. The summed E-state index contributed by atoms with van der Waals surface area (Å²) in [5.74, 6) is -2.03. The van der Waals surface area contributed by atoms with Crippen molar-refractivity contribution < 1.29 is 4.79 Å². The lowest BCUT2D eigenvalue weighted by atomic mass is 10.0. The maximum atomic E-state index is 11.4. The third-order valence-corrected chi connectivity index (χ3v) is 3.47. The molecule has 6 nitrogen and oxygen atoms in total. The molecule has 0 saturated carbocycles. The molecule has 116 valence electrons. The molecular weight excluding hydrogens is 302 g/mol. The molecule has 2 aromatic carbocycles. The number of rotatable bonds is 4. The quantitative estimate of drug-likeness (QED) is 0.795. The minimum atomic E-state index is -1.23. The van der Waals surface area contributed by atoms with E-state index in [1.165, 1.54) is 0 Å². The number of carbonyl (C=O) groups is 1. The zero-order valence-electron chi connectivity index (χ0n) is 12.6. The molecule has 0 fully saturated rings. The smallest absolute Gasteiger partial charge is 0.242 e. The average molecular weight is 315 g/mol. The Labute approximate surface area is 138 Å². The molecule has 0 saturated heterocycles. The van der Waals surface area contributed by atoms with E-state index in [1.807, 2.05) is 66.7 Å². The van der Waals surface area contributed by atoms with Gasteiger partial charge in [-0.1, -0.05) is 60.7 Å². The molecule has 1 unspecified atom stereocenters. The maximum absolute atomic E-state index is 11.4. The second kappa shape index (κ2) is 6.67. The summed E-state index contributed by atoms with van der Waals surface area (Å²) in [4.78, 5) is 15.8. The molecule has 1 atom stereocenters. The summed E-state index contributed by atoms with van der Waals surface area (Å²) in [5.41, 5.74) is 8.03. The van der Waals surface area contributed by atoms with Crippen LogP contribution in [-0.4, -0.2) is 21.1 Å². The lowest BCUT2D eigenvalue weighted by molar-refractivity contribution is -0.118. The molecule has 3 rings (SSSR count). The first-order chi connectivity index (χ1) is 11.7. The van der Waals surface area contributed by atoms with Crippen molar-refractivity contribution >= 4 is 5.91 Å². The van der Waals surface area contributed by atoms with Crippen LogP contribution >= 0.6 is 0 Å². The molecule has 1 amide bonds. The normalized spacial score (nSPS) is 11.5. The molecule has 3 aromatic rings. The van der Waals surface area contributed by atoms with Gasteiger partial charge in [0.05, 0.1) is 6.07 Å². The zero-order chi connectivity index (χ0) is 16.9. The first-order valence-corrected chi connectivity index (χ1v) is 7.25. The Morgan fingerprint density at radius 3 is 1.96 bits per heavy atom. The zero-order valence-corrected chi connectivity index (χ0v) is 12.6. The fourth-order valence-corrected chi connectivity index (χ4v) is 2.30. The molecule has 0 spiro atoms. The average Bonchev–Trinajstić information content (AvgIpc) is 2.63. The van der Waals surface area contributed by atoms with E-state index in [-0.39, 0.29) is 5.82 Å². The molecular formula is C18H13N5O. The van der Waals surface area contributed by atoms with Crippen LogP contribution in [0.4, 0.5) is 0 Å². The van der Waals surface area contributed by atoms with E-state index in [2.05, 4.69) is 15.2 Å². The summed E-state index contributed by atoms with van der Waals surface area (Å²) < 4.78 is 0. The molecule has 0 aliphatic heterocycles. The van der Waals surface area contributed by atoms with Crippen molar-refractivity contribution in [2.75, 3.05) is 0 Å². The molecule has 0 aliphatic carbocycles. The van der Waals surface area contributed by atoms with E-state index in [0.29, 0.717) is 11.4 Å². The van der Waals surface area contributed by atoms with Crippen LogP contribution in [0, 0.1) is 11.3 Å². The summed E-state index contributed by atoms with van der Waals surface area (Å²) >= 11 is 0. The summed E-state index contributed by atoms with van der Waals surface area (Å²) in [6.45, 7) is 0.